The molecular formula is C21H21ClN8O. The van der Waals surface area contributed by atoms with Crippen molar-refractivity contribution in [3.63, 3.8) is 0 Å². The van der Waals surface area contributed by atoms with E-state index in [0.717, 1.165) is 48.6 Å². The third kappa shape index (κ3) is 4.09. The van der Waals surface area contributed by atoms with Crippen molar-refractivity contribution in [3.05, 3.63) is 59.2 Å². The summed E-state index contributed by atoms with van der Waals surface area (Å²) >= 11 is 6.34. The second kappa shape index (κ2) is 8.35. The van der Waals surface area contributed by atoms with Crippen LogP contribution in [0.25, 0.3) is 11.4 Å². The van der Waals surface area contributed by atoms with Crippen LogP contribution < -0.4 is 10.2 Å². The zero-order chi connectivity index (χ0) is 21.2. The van der Waals surface area contributed by atoms with Gasteiger partial charge in [0.2, 0.25) is 5.95 Å². The van der Waals surface area contributed by atoms with Gasteiger partial charge in [0.25, 0.3) is 0 Å². The van der Waals surface area contributed by atoms with E-state index >= 15 is 0 Å². The lowest BCUT2D eigenvalue weighted by atomic mass is 10.00. The minimum atomic E-state index is -0.0136. The summed E-state index contributed by atoms with van der Waals surface area (Å²) in [5.41, 5.74) is 2.44. The van der Waals surface area contributed by atoms with Crippen molar-refractivity contribution >= 4 is 29.2 Å². The summed E-state index contributed by atoms with van der Waals surface area (Å²) < 4.78 is 5.72. The molecule has 0 bridgehead atoms. The standard InChI is InChI=1S/C21H21ClN8O/c1-13-10-19(28-27-13)25-20-14(22)12-24-21(26-20)30-9-5-3-7-17(30)18-11-16(29-31-18)15-6-2-4-8-23-15/h2,4,6,8,10-12,17H,3,5,7,9H2,1H3,(H2,24,25,26,27,28). The lowest BCUT2D eigenvalue weighted by molar-refractivity contribution is 0.329. The van der Waals surface area contributed by atoms with E-state index in [9.17, 15) is 0 Å². The van der Waals surface area contributed by atoms with Gasteiger partial charge < -0.3 is 14.7 Å². The molecule has 0 spiro atoms. The molecule has 0 radical (unpaired) electrons. The van der Waals surface area contributed by atoms with Crippen molar-refractivity contribution < 1.29 is 4.52 Å². The molecule has 158 valence electrons. The molecule has 5 rings (SSSR count). The highest BCUT2D eigenvalue weighted by Crippen LogP contribution is 2.36. The average Bonchev–Trinajstić information content (AvgIpc) is 3.45. The molecule has 10 heteroatoms. The van der Waals surface area contributed by atoms with Gasteiger partial charge in [-0.3, -0.25) is 10.1 Å². The van der Waals surface area contributed by atoms with Gasteiger partial charge in [-0.1, -0.05) is 22.8 Å². The van der Waals surface area contributed by atoms with E-state index in [1.165, 1.54) is 0 Å². The van der Waals surface area contributed by atoms with Crippen molar-refractivity contribution in [1.29, 1.82) is 0 Å². The number of anilines is 3. The highest BCUT2D eigenvalue weighted by molar-refractivity contribution is 6.32. The summed E-state index contributed by atoms with van der Waals surface area (Å²) in [5, 5.41) is 14.9. The highest BCUT2D eigenvalue weighted by Gasteiger charge is 2.30. The molecule has 0 aliphatic carbocycles. The van der Waals surface area contributed by atoms with Gasteiger partial charge in [0, 0.05) is 30.6 Å². The Morgan fingerprint density at radius 2 is 2.13 bits per heavy atom. The van der Waals surface area contributed by atoms with Crippen molar-refractivity contribution in [2.45, 2.75) is 32.2 Å². The number of pyridine rings is 1. The molecule has 9 nitrogen and oxygen atoms in total. The second-order valence-electron chi connectivity index (χ2n) is 7.46. The number of aromatic amines is 1. The first kappa shape index (κ1) is 19.5. The van der Waals surface area contributed by atoms with Crippen LogP contribution in [0.2, 0.25) is 5.02 Å². The summed E-state index contributed by atoms with van der Waals surface area (Å²) in [7, 11) is 0. The molecule has 0 saturated carbocycles. The van der Waals surface area contributed by atoms with Crippen LogP contribution in [0.1, 0.15) is 36.8 Å². The summed E-state index contributed by atoms with van der Waals surface area (Å²) in [6, 6.07) is 9.54. The molecule has 0 amide bonds. The number of halogens is 1. The number of aromatic nitrogens is 6. The third-order valence-electron chi connectivity index (χ3n) is 5.23. The molecule has 1 fully saturated rings. The first-order valence-electron chi connectivity index (χ1n) is 10.1. The molecule has 0 aromatic carbocycles. The Hall–Kier alpha value is -3.46. The van der Waals surface area contributed by atoms with Gasteiger partial charge in [-0.05, 0) is 38.3 Å². The van der Waals surface area contributed by atoms with Crippen molar-refractivity contribution in [2.75, 3.05) is 16.8 Å². The van der Waals surface area contributed by atoms with Gasteiger partial charge in [0.05, 0.1) is 17.9 Å². The Balaban J connectivity index is 1.43. The minimum Gasteiger partial charge on any atom is -0.358 e. The Labute approximate surface area is 183 Å². The molecule has 1 atom stereocenters. The molecule has 1 unspecified atom stereocenters. The van der Waals surface area contributed by atoms with Crippen LogP contribution in [-0.4, -0.2) is 36.9 Å². The number of hydrogen-bond donors (Lipinski definition) is 2. The van der Waals surface area contributed by atoms with E-state index in [1.807, 2.05) is 37.3 Å². The van der Waals surface area contributed by atoms with Crippen LogP contribution in [0.4, 0.5) is 17.6 Å². The van der Waals surface area contributed by atoms with E-state index in [-0.39, 0.29) is 6.04 Å². The summed E-state index contributed by atoms with van der Waals surface area (Å²) in [5.74, 6) is 2.51. The average molecular weight is 437 g/mol. The first-order chi connectivity index (χ1) is 15.2. The molecule has 5 heterocycles. The molecule has 1 aliphatic heterocycles. The van der Waals surface area contributed by atoms with Gasteiger partial charge >= 0.3 is 0 Å². The Morgan fingerprint density at radius 3 is 2.94 bits per heavy atom. The Morgan fingerprint density at radius 1 is 1.19 bits per heavy atom. The Bertz CT molecular complexity index is 1180. The maximum Gasteiger partial charge on any atom is 0.228 e. The zero-order valence-electron chi connectivity index (χ0n) is 16.9. The molecule has 1 saturated heterocycles. The van der Waals surface area contributed by atoms with Crippen LogP contribution in [0.3, 0.4) is 0 Å². The van der Waals surface area contributed by atoms with Gasteiger partial charge in [-0.2, -0.15) is 10.1 Å². The third-order valence-corrected chi connectivity index (χ3v) is 5.50. The van der Waals surface area contributed by atoms with Crippen molar-refractivity contribution in [3.8, 4) is 11.4 Å². The topological polar surface area (TPSA) is 109 Å². The predicted octanol–water partition coefficient (Wildman–Crippen LogP) is 4.69. The second-order valence-corrected chi connectivity index (χ2v) is 7.87. The summed E-state index contributed by atoms with van der Waals surface area (Å²) in [6.45, 7) is 2.74. The quantitative estimate of drug-likeness (QED) is 0.464. The number of nitrogens with one attached hydrogen (secondary N) is 2. The lowest BCUT2D eigenvalue weighted by Crippen LogP contribution is -2.34. The van der Waals surface area contributed by atoms with Gasteiger partial charge in [0.15, 0.2) is 17.4 Å². The molecule has 4 aromatic rings. The number of H-pyrrole nitrogens is 1. The van der Waals surface area contributed by atoms with E-state index in [4.69, 9.17) is 16.1 Å². The summed E-state index contributed by atoms with van der Waals surface area (Å²) in [6.07, 6.45) is 6.41. The molecular weight excluding hydrogens is 416 g/mol. The smallest absolute Gasteiger partial charge is 0.228 e. The number of hydrogen-bond acceptors (Lipinski definition) is 8. The normalized spacial score (nSPS) is 16.5. The fourth-order valence-corrected chi connectivity index (χ4v) is 3.87. The summed E-state index contributed by atoms with van der Waals surface area (Å²) in [4.78, 5) is 15.7. The van der Waals surface area contributed by atoms with Crippen LogP contribution in [-0.2, 0) is 0 Å². The van der Waals surface area contributed by atoms with E-state index in [0.29, 0.717) is 22.6 Å². The van der Waals surface area contributed by atoms with Crippen LogP contribution in [0.15, 0.2) is 47.2 Å². The van der Waals surface area contributed by atoms with Crippen LogP contribution in [0, 0.1) is 6.92 Å². The van der Waals surface area contributed by atoms with Crippen LogP contribution >= 0.6 is 11.6 Å². The maximum atomic E-state index is 6.34. The fraction of sp³-hybridized carbons (Fsp3) is 0.286. The molecule has 4 aromatic heterocycles. The van der Waals surface area contributed by atoms with Crippen LogP contribution in [0.5, 0.6) is 0 Å². The maximum absolute atomic E-state index is 6.34. The molecule has 1 aliphatic rings. The Kier molecular flexibility index (Phi) is 5.25. The number of aryl methyl sites for hydroxylation is 1. The number of rotatable bonds is 5. The first-order valence-corrected chi connectivity index (χ1v) is 10.5. The predicted molar refractivity (Wildman–Crippen MR) is 117 cm³/mol. The van der Waals surface area contributed by atoms with E-state index in [1.54, 1.807) is 12.4 Å². The zero-order valence-corrected chi connectivity index (χ0v) is 17.7. The van der Waals surface area contributed by atoms with Crippen molar-refractivity contribution in [2.24, 2.45) is 0 Å². The van der Waals surface area contributed by atoms with Gasteiger partial charge in [0.1, 0.15) is 10.7 Å². The number of nitrogens with zero attached hydrogens (tertiary/aromatic N) is 6. The largest absolute Gasteiger partial charge is 0.358 e. The van der Waals surface area contributed by atoms with Crippen molar-refractivity contribution in [1.82, 2.24) is 30.3 Å². The molecule has 2 N–H and O–H groups in total. The molecule has 31 heavy (non-hydrogen) atoms. The van der Waals surface area contributed by atoms with E-state index < -0.39 is 0 Å². The monoisotopic (exact) mass is 436 g/mol. The van der Waals surface area contributed by atoms with Gasteiger partial charge in [-0.25, -0.2) is 4.98 Å². The number of piperidine rings is 1. The van der Waals surface area contributed by atoms with E-state index in [2.05, 4.69) is 40.5 Å². The lowest BCUT2D eigenvalue weighted by Gasteiger charge is -2.34. The SMILES string of the molecule is Cc1cc(Nc2nc(N3CCCCC3c3cc(-c4ccccn4)no3)ncc2Cl)n[nH]1. The minimum absolute atomic E-state index is 0.0136. The van der Waals surface area contributed by atoms with Gasteiger partial charge in [-0.15, -0.1) is 0 Å². The fourth-order valence-electron chi connectivity index (χ4n) is 3.74. The highest BCUT2D eigenvalue weighted by atomic mass is 35.5.